The summed E-state index contributed by atoms with van der Waals surface area (Å²) in [6.45, 7) is 3.88. The van der Waals surface area contributed by atoms with Crippen molar-refractivity contribution in [1.82, 2.24) is 4.98 Å². The van der Waals surface area contributed by atoms with Crippen LogP contribution in [0.5, 0.6) is 11.6 Å². The van der Waals surface area contributed by atoms with Crippen LogP contribution in [0.4, 0.5) is 5.69 Å². The normalized spacial score (nSPS) is 15.4. The van der Waals surface area contributed by atoms with E-state index >= 15 is 0 Å². The predicted molar refractivity (Wildman–Crippen MR) is 58.1 cm³/mol. The fourth-order valence-electron chi connectivity index (χ4n) is 1.21. The summed E-state index contributed by atoms with van der Waals surface area (Å²) in [5.74, 6) is 1.21. The largest absolute Gasteiger partial charge is 0.489 e. The SMILES string of the molecule is CC(C)Oc1ncc(OC2CC2)cc1N. The molecule has 2 N–H and O–H groups in total. The minimum atomic E-state index is 0.0787. The molecule has 4 heteroatoms. The summed E-state index contributed by atoms with van der Waals surface area (Å²) in [7, 11) is 0. The van der Waals surface area contributed by atoms with Gasteiger partial charge >= 0.3 is 0 Å². The summed E-state index contributed by atoms with van der Waals surface area (Å²) in [5, 5.41) is 0. The van der Waals surface area contributed by atoms with Crippen LogP contribution in [0.2, 0.25) is 0 Å². The zero-order valence-corrected chi connectivity index (χ0v) is 9.06. The molecular weight excluding hydrogens is 192 g/mol. The summed E-state index contributed by atoms with van der Waals surface area (Å²) in [6.07, 6.45) is 4.36. The molecule has 1 fully saturated rings. The van der Waals surface area contributed by atoms with Gasteiger partial charge in [-0.1, -0.05) is 0 Å². The topological polar surface area (TPSA) is 57.4 Å². The Bertz CT molecular complexity index is 348. The maximum Gasteiger partial charge on any atom is 0.237 e. The molecule has 1 aliphatic rings. The maximum atomic E-state index is 5.80. The van der Waals surface area contributed by atoms with Crippen LogP contribution < -0.4 is 15.2 Å². The van der Waals surface area contributed by atoms with Gasteiger partial charge in [-0.25, -0.2) is 4.98 Å². The van der Waals surface area contributed by atoms with E-state index in [1.165, 1.54) is 0 Å². The molecular formula is C11H16N2O2. The summed E-state index contributed by atoms with van der Waals surface area (Å²) in [5.41, 5.74) is 6.33. The minimum Gasteiger partial charge on any atom is -0.489 e. The molecule has 0 saturated heterocycles. The Kier molecular flexibility index (Phi) is 2.66. The van der Waals surface area contributed by atoms with Crippen LogP contribution in [0, 0.1) is 0 Å². The van der Waals surface area contributed by atoms with Crippen LogP contribution >= 0.6 is 0 Å². The van der Waals surface area contributed by atoms with Gasteiger partial charge < -0.3 is 15.2 Å². The number of aromatic nitrogens is 1. The third kappa shape index (κ3) is 2.75. The zero-order valence-electron chi connectivity index (χ0n) is 9.06. The van der Waals surface area contributed by atoms with Gasteiger partial charge in [0.2, 0.25) is 5.88 Å². The van der Waals surface area contributed by atoms with Crippen molar-refractivity contribution < 1.29 is 9.47 Å². The third-order valence-corrected chi connectivity index (χ3v) is 2.03. The molecule has 0 spiro atoms. The quantitative estimate of drug-likeness (QED) is 0.822. The standard InChI is InChI=1S/C11H16N2O2/c1-7(2)14-11-10(12)5-9(6-13-11)15-8-3-4-8/h5-8H,3-4,12H2,1-2H3. The molecule has 1 aromatic rings. The van der Waals surface area contributed by atoms with E-state index in [1.807, 2.05) is 13.8 Å². The number of anilines is 1. The lowest BCUT2D eigenvalue weighted by molar-refractivity contribution is 0.232. The van der Waals surface area contributed by atoms with Crippen molar-refractivity contribution in [3.05, 3.63) is 12.3 Å². The molecule has 1 aliphatic carbocycles. The number of pyridine rings is 1. The van der Waals surface area contributed by atoms with Crippen molar-refractivity contribution in [3.8, 4) is 11.6 Å². The second-order valence-electron chi connectivity index (χ2n) is 4.05. The Morgan fingerprint density at radius 1 is 1.47 bits per heavy atom. The average molecular weight is 208 g/mol. The number of nitrogens with zero attached hydrogens (tertiary/aromatic N) is 1. The highest BCUT2D eigenvalue weighted by atomic mass is 16.5. The van der Waals surface area contributed by atoms with E-state index < -0.39 is 0 Å². The molecule has 0 aromatic carbocycles. The molecule has 0 atom stereocenters. The summed E-state index contributed by atoms with van der Waals surface area (Å²) in [4.78, 5) is 4.13. The first-order valence-corrected chi connectivity index (χ1v) is 5.24. The van der Waals surface area contributed by atoms with Crippen LogP contribution in [0.15, 0.2) is 12.3 Å². The fourth-order valence-corrected chi connectivity index (χ4v) is 1.21. The number of rotatable bonds is 4. The second-order valence-corrected chi connectivity index (χ2v) is 4.05. The van der Waals surface area contributed by atoms with Crippen molar-refractivity contribution in [2.45, 2.75) is 38.9 Å². The molecule has 4 nitrogen and oxygen atoms in total. The molecule has 0 bridgehead atoms. The Labute approximate surface area is 89.4 Å². The van der Waals surface area contributed by atoms with Gasteiger partial charge in [0.1, 0.15) is 5.75 Å². The van der Waals surface area contributed by atoms with Gasteiger partial charge in [-0.05, 0) is 26.7 Å². The highest BCUT2D eigenvalue weighted by Gasteiger charge is 2.23. The first-order chi connectivity index (χ1) is 7.15. The molecule has 0 radical (unpaired) electrons. The molecule has 1 aromatic heterocycles. The lowest BCUT2D eigenvalue weighted by atomic mass is 10.4. The van der Waals surface area contributed by atoms with Crippen LogP contribution in [-0.2, 0) is 0 Å². The highest BCUT2D eigenvalue weighted by molar-refractivity contribution is 5.51. The van der Waals surface area contributed by atoms with E-state index in [1.54, 1.807) is 12.3 Å². The molecule has 2 rings (SSSR count). The number of nitrogens with two attached hydrogens (primary N) is 1. The smallest absolute Gasteiger partial charge is 0.237 e. The molecule has 1 heterocycles. The van der Waals surface area contributed by atoms with Crippen molar-refractivity contribution >= 4 is 5.69 Å². The van der Waals surface area contributed by atoms with Gasteiger partial charge in [-0.15, -0.1) is 0 Å². The number of nitrogen functional groups attached to an aromatic ring is 1. The first kappa shape index (κ1) is 10.1. The Morgan fingerprint density at radius 2 is 2.20 bits per heavy atom. The lowest BCUT2D eigenvalue weighted by Gasteiger charge is -2.11. The van der Waals surface area contributed by atoms with Gasteiger partial charge in [0, 0.05) is 6.07 Å². The van der Waals surface area contributed by atoms with Crippen molar-refractivity contribution in [2.75, 3.05) is 5.73 Å². The number of hydrogen-bond donors (Lipinski definition) is 1. The monoisotopic (exact) mass is 208 g/mol. The third-order valence-electron chi connectivity index (χ3n) is 2.03. The van der Waals surface area contributed by atoms with Gasteiger partial charge in [-0.2, -0.15) is 0 Å². The maximum absolute atomic E-state index is 5.80. The second kappa shape index (κ2) is 3.96. The van der Waals surface area contributed by atoms with E-state index in [-0.39, 0.29) is 6.10 Å². The first-order valence-electron chi connectivity index (χ1n) is 5.24. The van der Waals surface area contributed by atoms with Gasteiger partial charge in [0.05, 0.1) is 24.1 Å². The van der Waals surface area contributed by atoms with Gasteiger partial charge in [0.15, 0.2) is 0 Å². The van der Waals surface area contributed by atoms with E-state index in [4.69, 9.17) is 15.2 Å². The summed E-state index contributed by atoms with van der Waals surface area (Å²) >= 11 is 0. The Balaban J connectivity index is 2.07. The molecule has 0 amide bonds. The van der Waals surface area contributed by atoms with Crippen molar-refractivity contribution in [2.24, 2.45) is 0 Å². The van der Waals surface area contributed by atoms with Crippen LogP contribution in [-0.4, -0.2) is 17.2 Å². The number of hydrogen-bond acceptors (Lipinski definition) is 4. The van der Waals surface area contributed by atoms with Gasteiger partial charge in [-0.3, -0.25) is 0 Å². The van der Waals surface area contributed by atoms with Crippen molar-refractivity contribution in [1.29, 1.82) is 0 Å². The van der Waals surface area contributed by atoms with E-state index in [9.17, 15) is 0 Å². The average Bonchev–Trinajstić information content (AvgIpc) is 2.93. The molecule has 0 unspecified atom stereocenters. The van der Waals surface area contributed by atoms with E-state index in [2.05, 4.69) is 4.98 Å². The van der Waals surface area contributed by atoms with Crippen LogP contribution in [0.3, 0.4) is 0 Å². The Hall–Kier alpha value is -1.45. The zero-order chi connectivity index (χ0) is 10.8. The lowest BCUT2D eigenvalue weighted by Crippen LogP contribution is -2.09. The summed E-state index contributed by atoms with van der Waals surface area (Å²) in [6, 6.07) is 1.77. The molecule has 1 saturated carbocycles. The fraction of sp³-hybridized carbons (Fsp3) is 0.545. The number of ether oxygens (including phenoxy) is 2. The van der Waals surface area contributed by atoms with E-state index in [0.29, 0.717) is 17.7 Å². The van der Waals surface area contributed by atoms with E-state index in [0.717, 1.165) is 18.6 Å². The molecule has 0 aliphatic heterocycles. The predicted octanol–water partition coefficient (Wildman–Crippen LogP) is 1.99. The van der Waals surface area contributed by atoms with Crippen LogP contribution in [0.25, 0.3) is 0 Å². The van der Waals surface area contributed by atoms with Crippen molar-refractivity contribution in [3.63, 3.8) is 0 Å². The summed E-state index contributed by atoms with van der Waals surface area (Å²) < 4.78 is 11.0. The highest BCUT2D eigenvalue weighted by Crippen LogP contribution is 2.29. The molecule has 82 valence electrons. The van der Waals surface area contributed by atoms with Crippen LogP contribution in [0.1, 0.15) is 26.7 Å². The Morgan fingerprint density at radius 3 is 2.73 bits per heavy atom. The minimum absolute atomic E-state index is 0.0787. The molecule has 15 heavy (non-hydrogen) atoms. The van der Waals surface area contributed by atoms with Gasteiger partial charge in [0.25, 0.3) is 0 Å².